The summed E-state index contributed by atoms with van der Waals surface area (Å²) in [7, 11) is 1.42. The van der Waals surface area contributed by atoms with Crippen LogP contribution in [-0.2, 0) is 14.3 Å². The van der Waals surface area contributed by atoms with E-state index in [1.807, 2.05) is 0 Å². The molecule has 0 aromatic carbocycles. The highest BCUT2D eigenvalue weighted by Crippen LogP contribution is 2.19. The highest BCUT2D eigenvalue weighted by atomic mass is 16.5. The average molecular weight is 243 g/mol. The van der Waals surface area contributed by atoms with Gasteiger partial charge in [0.1, 0.15) is 6.04 Å². The van der Waals surface area contributed by atoms with Crippen molar-refractivity contribution >= 4 is 5.97 Å². The smallest absolute Gasteiger partial charge is 0.325 e. The monoisotopic (exact) mass is 243 g/mol. The molecule has 1 aliphatic rings. The van der Waals surface area contributed by atoms with Gasteiger partial charge in [-0.15, -0.1) is 0 Å². The molecule has 0 aliphatic heterocycles. The summed E-state index contributed by atoms with van der Waals surface area (Å²) in [5, 5.41) is 3.24. The molecule has 0 saturated heterocycles. The van der Waals surface area contributed by atoms with Gasteiger partial charge in [-0.2, -0.15) is 0 Å². The summed E-state index contributed by atoms with van der Waals surface area (Å²) in [6, 6.07) is 0.196. The predicted octanol–water partition coefficient (Wildman–Crippen LogP) is 1.88. The summed E-state index contributed by atoms with van der Waals surface area (Å²) in [6.45, 7) is 3.35. The molecule has 0 spiro atoms. The van der Waals surface area contributed by atoms with E-state index in [9.17, 15) is 4.79 Å². The molecule has 1 rings (SSSR count). The summed E-state index contributed by atoms with van der Waals surface area (Å²) in [5.41, 5.74) is 0. The van der Waals surface area contributed by atoms with E-state index in [4.69, 9.17) is 9.47 Å². The fourth-order valence-corrected chi connectivity index (χ4v) is 1.69. The number of carbonyl (C=O) groups is 1. The van der Waals surface area contributed by atoms with Crippen LogP contribution in [-0.4, -0.2) is 38.4 Å². The Bertz CT molecular complexity index is 217. The second-order valence-electron chi connectivity index (χ2n) is 4.65. The Labute approximate surface area is 104 Å². The molecule has 0 radical (unpaired) electrons. The van der Waals surface area contributed by atoms with E-state index < -0.39 is 0 Å². The maximum absolute atomic E-state index is 11.5. The van der Waals surface area contributed by atoms with Gasteiger partial charge in [-0.25, -0.2) is 0 Å². The van der Waals surface area contributed by atoms with E-state index in [1.165, 1.54) is 26.4 Å². The van der Waals surface area contributed by atoms with Crippen LogP contribution in [0.3, 0.4) is 0 Å². The molecule has 1 fully saturated rings. The second kappa shape index (κ2) is 8.48. The van der Waals surface area contributed by atoms with E-state index >= 15 is 0 Å². The van der Waals surface area contributed by atoms with E-state index in [-0.39, 0.29) is 12.0 Å². The number of hydrogen-bond donors (Lipinski definition) is 1. The Kier molecular flexibility index (Phi) is 7.21. The molecule has 4 nitrogen and oxygen atoms in total. The van der Waals surface area contributed by atoms with Crippen molar-refractivity contribution in [3.8, 4) is 0 Å². The normalized spacial score (nSPS) is 16.8. The molecule has 17 heavy (non-hydrogen) atoms. The van der Waals surface area contributed by atoms with Crippen molar-refractivity contribution in [1.29, 1.82) is 0 Å². The highest BCUT2D eigenvalue weighted by molar-refractivity contribution is 5.75. The first-order valence-electron chi connectivity index (χ1n) is 6.69. The van der Waals surface area contributed by atoms with E-state index in [2.05, 4.69) is 12.2 Å². The van der Waals surface area contributed by atoms with Crippen molar-refractivity contribution in [3.63, 3.8) is 0 Å². The Hall–Kier alpha value is -0.610. The van der Waals surface area contributed by atoms with Gasteiger partial charge in [-0.05, 0) is 19.3 Å². The van der Waals surface area contributed by atoms with Gasteiger partial charge in [0.2, 0.25) is 0 Å². The molecule has 0 amide bonds. The zero-order chi connectivity index (χ0) is 12.5. The summed E-state index contributed by atoms with van der Waals surface area (Å²) in [6.07, 6.45) is 7.08. The van der Waals surface area contributed by atoms with E-state index in [0.717, 1.165) is 25.9 Å². The number of rotatable bonds is 10. The number of hydrogen-bond acceptors (Lipinski definition) is 4. The minimum absolute atomic E-state index is 0.217. The number of nitrogens with one attached hydrogen (secondary N) is 1. The van der Waals surface area contributed by atoms with Crippen LogP contribution in [0.25, 0.3) is 0 Å². The molecular formula is C13H25NO3. The lowest BCUT2D eigenvalue weighted by atomic mass is 10.2. The van der Waals surface area contributed by atoms with Crippen LogP contribution < -0.4 is 5.32 Å². The first-order chi connectivity index (χ1) is 8.27. The standard InChI is InChI=1S/C13H25NO3/c1-3-4-5-6-9-17-10-12(13(15)16-2)14-11-7-8-11/h11-12,14H,3-10H2,1-2H3. The lowest BCUT2D eigenvalue weighted by Gasteiger charge is -2.16. The van der Waals surface area contributed by atoms with Crippen LogP contribution >= 0.6 is 0 Å². The van der Waals surface area contributed by atoms with Crippen molar-refractivity contribution in [1.82, 2.24) is 5.32 Å². The van der Waals surface area contributed by atoms with Crippen LogP contribution in [0, 0.1) is 0 Å². The quantitative estimate of drug-likeness (QED) is 0.470. The Balaban J connectivity index is 2.08. The summed E-state index contributed by atoms with van der Waals surface area (Å²) in [4.78, 5) is 11.5. The van der Waals surface area contributed by atoms with Gasteiger partial charge in [-0.1, -0.05) is 26.2 Å². The summed E-state index contributed by atoms with van der Waals surface area (Å²) < 4.78 is 10.3. The number of methoxy groups -OCH3 is 1. The number of esters is 1. The van der Waals surface area contributed by atoms with Crippen LogP contribution in [0.5, 0.6) is 0 Å². The molecule has 1 atom stereocenters. The molecule has 1 N–H and O–H groups in total. The lowest BCUT2D eigenvalue weighted by Crippen LogP contribution is -2.42. The fourth-order valence-electron chi connectivity index (χ4n) is 1.69. The minimum Gasteiger partial charge on any atom is -0.468 e. The van der Waals surface area contributed by atoms with Gasteiger partial charge in [0.05, 0.1) is 13.7 Å². The SMILES string of the molecule is CCCCCCOCC(NC1CC1)C(=O)OC. The highest BCUT2D eigenvalue weighted by Gasteiger charge is 2.28. The zero-order valence-electron chi connectivity index (χ0n) is 11.0. The Morgan fingerprint density at radius 3 is 2.71 bits per heavy atom. The van der Waals surface area contributed by atoms with E-state index in [0.29, 0.717) is 12.6 Å². The van der Waals surface area contributed by atoms with Gasteiger partial charge in [0, 0.05) is 12.6 Å². The van der Waals surface area contributed by atoms with Crippen LogP contribution in [0.1, 0.15) is 45.4 Å². The number of carbonyl (C=O) groups excluding carboxylic acids is 1. The molecule has 0 heterocycles. The molecule has 1 unspecified atom stereocenters. The van der Waals surface area contributed by atoms with Gasteiger partial charge in [0.15, 0.2) is 0 Å². The van der Waals surface area contributed by atoms with Crippen LogP contribution in [0.15, 0.2) is 0 Å². The second-order valence-corrected chi connectivity index (χ2v) is 4.65. The molecular weight excluding hydrogens is 218 g/mol. The van der Waals surface area contributed by atoms with Crippen molar-refractivity contribution in [2.24, 2.45) is 0 Å². The van der Waals surface area contributed by atoms with Crippen molar-refractivity contribution < 1.29 is 14.3 Å². The van der Waals surface area contributed by atoms with Crippen LogP contribution in [0.2, 0.25) is 0 Å². The van der Waals surface area contributed by atoms with Crippen molar-refractivity contribution in [2.45, 2.75) is 57.5 Å². The van der Waals surface area contributed by atoms with Gasteiger partial charge in [0.25, 0.3) is 0 Å². The van der Waals surface area contributed by atoms with Crippen LogP contribution in [0.4, 0.5) is 0 Å². The maximum Gasteiger partial charge on any atom is 0.325 e. The van der Waals surface area contributed by atoms with Gasteiger partial charge < -0.3 is 9.47 Å². The molecule has 0 aromatic rings. The summed E-state index contributed by atoms with van der Waals surface area (Å²) >= 11 is 0. The fraction of sp³-hybridized carbons (Fsp3) is 0.923. The molecule has 1 aliphatic carbocycles. The third kappa shape index (κ3) is 6.64. The molecule has 0 aromatic heterocycles. The predicted molar refractivity (Wildman–Crippen MR) is 66.9 cm³/mol. The molecule has 100 valence electrons. The number of ether oxygens (including phenoxy) is 2. The summed E-state index contributed by atoms with van der Waals surface area (Å²) in [5.74, 6) is -0.217. The Morgan fingerprint density at radius 1 is 1.35 bits per heavy atom. The van der Waals surface area contributed by atoms with Crippen molar-refractivity contribution in [3.05, 3.63) is 0 Å². The first-order valence-corrected chi connectivity index (χ1v) is 6.69. The topological polar surface area (TPSA) is 47.6 Å². The third-order valence-corrected chi connectivity index (χ3v) is 2.93. The zero-order valence-corrected chi connectivity index (χ0v) is 11.0. The largest absolute Gasteiger partial charge is 0.468 e. The van der Waals surface area contributed by atoms with Gasteiger partial charge in [-0.3, -0.25) is 10.1 Å². The molecule has 1 saturated carbocycles. The molecule has 4 heteroatoms. The molecule has 0 bridgehead atoms. The average Bonchev–Trinajstić information content (AvgIpc) is 3.15. The lowest BCUT2D eigenvalue weighted by molar-refractivity contribution is -0.144. The Morgan fingerprint density at radius 2 is 2.12 bits per heavy atom. The third-order valence-electron chi connectivity index (χ3n) is 2.93. The van der Waals surface area contributed by atoms with Gasteiger partial charge >= 0.3 is 5.97 Å². The first kappa shape index (κ1) is 14.5. The van der Waals surface area contributed by atoms with E-state index in [1.54, 1.807) is 0 Å². The number of unbranched alkanes of at least 4 members (excludes halogenated alkanes) is 3. The minimum atomic E-state index is -0.293. The van der Waals surface area contributed by atoms with Crippen molar-refractivity contribution in [2.75, 3.05) is 20.3 Å². The maximum atomic E-state index is 11.5.